The van der Waals surface area contributed by atoms with Crippen LogP contribution in [0.1, 0.15) is 47.3 Å². The number of hydrogen-bond donors (Lipinski definition) is 1. The molecule has 1 N–H and O–H groups in total. The van der Waals surface area contributed by atoms with Crippen LogP contribution in [0, 0.1) is 6.92 Å². The molecule has 0 atom stereocenters. The van der Waals surface area contributed by atoms with E-state index in [1.165, 1.54) is 34.2 Å². The van der Waals surface area contributed by atoms with Crippen LogP contribution in [0.2, 0.25) is 5.02 Å². The van der Waals surface area contributed by atoms with Crippen LogP contribution >= 0.6 is 46.9 Å². The van der Waals surface area contributed by atoms with Crippen LogP contribution in [0.15, 0.2) is 59.6 Å². The molecule has 1 aliphatic heterocycles. The lowest BCUT2D eigenvalue weighted by Crippen LogP contribution is -2.29. The van der Waals surface area contributed by atoms with Crippen LogP contribution in [-0.2, 0) is 16.0 Å². The molecule has 0 aliphatic carbocycles. The number of aromatic nitrogens is 1. The Bertz CT molecular complexity index is 1290. The summed E-state index contributed by atoms with van der Waals surface area (Å²) in [6.07, 6.45) is 7.24. The van der Waals surface area contributed by atoms with Gasteiger partial charge in [-0.25, -0.2) is 4.98 Å². The second kappa shape index (κ2) is 12.6. The summed E-state index contributed by atoms with van der Waals surface area (Å²) in [5.74, 6) is -0.106. The van der Waals surface area contributed by atoms with Gasteiger partial charge in [0, 0.05) is 35.5 Å². The quantitative estimate of drug-likeness (QED) is 0.164. The molecule has 9 heteroatoms. The van der Waals surface area contributed by atoms with Crippen molar-refractivity contribution in [1.29, 1.82) is 0 Å². The van der Waals surface area contributed by atoms with E-state index in [0.29, 0.717) is 32.3 Å². The van der Waals surface area contributed by atoms with Gasteiger partial charge in [0.05, 0.1) is 4.91 Å². The molecular formula is C27H26ClN3O2S3. The molecule has 2 heterocycles. The number of rotatable bonds is 10. The number of carbonyl (C=O) groups is 2. The maximum absolute atomic E-state index is 12.7. The first-order chi connectivity index (χ1) is 17.4. The Morgan fingerprint density at radius 1 is 1.17 bits per heavy atom. The molecule has 36 heavy (non-hydrogen) atoms. The standard InChI is InChI=1S/C27H26ClN3O2S3/c1-18-6-5-7-20(14-18)15-22-17-29-26(35-22)30-24(32)8-3-2-4-13-31-25(33)23(36-27(31)34)16-19-9-11-21(28)12-10-19/h5-7,9-12,14,16-17H,2-4,8,13,15H2,1H3,(H,29,30,32)/b23-16-. The van der Waals surface area contributed by atoms with Crippen molar-refractivity contribution in [3.05, 3.63) is 86.2 Å². The second-order valence-corrected chi connectivity index (χ2v) is 11.8. The van der Waals surface area contributed by atoms with Crippen molar-refractivity contribution in [1.82, 2.24) is 9.88 Å². The van der Waals surface area contributed by atoms with Gasteiger partial charge in [-0.05, 0) is 49.1 Å². The molecule has 1 fully saturated rings. The van der Waals surface area contributed by atoms with Crippen molar-refractivity contribution in [2.75, 3.05) is 11.9 Å². The summed E-state index contributed by atoms with van der Waals surface area (Å²) in [4.78, 5) is 32.8. The first-order valence-electron chi connectivity index (χ1n) is 11.7. The van der Waals surface area contributed by atoms with Gasteiger partial charge in [0.1, 0.15) is 4.32 Å². The first kappa shape index (κ1) is 26.5. The van der Waals surface area contributed by atoms with Crippen molar-refractivity contribution >= 4 is 74.3 Å². The number of amides is 2. The molecular weight excluding hydrogens is 530 g/mol. The molecule has 0 bridgehead atoms. The summed E-state index contributed by atoms with van der Waals surface area (Å²) in [5.41, 5.74) is 3.38. The van der Waals surface area contributed by atoms with Crippen LogP contribution in [0.3, 0.4) is 0 Å². The van der Waals surface area contributed by atoms with Gasteiger partial charge in [0.15, 0.2) is 5.13 Å². The fourth-order valence-electron chi connectivity index (χ4n) is 3.79. The number of unbranched alkanes of at least 4 members (excludes halogenated alkanes) is 2. The summed E-state index contributed by atoms with van der Waals surface area (Å²) >= 11 is 14.2. The molecule has 0 saturated carbocycles. The van der Waals surface area contributed by atoms with Crippen LogP contribution < -0.4 is 5.32 Å². The van der Waals surface area contributed by atoms with Crippen molar-refractivity contribution in [2.24, 2.45) is 0 Å². The highest BCUT2D eigenvalue weighted by molar-refractivity contribution is 8.26. The summed E-state index contributed by atoms with van der Waals surface area (Å²) in [5, 5.41) is 4.19. The molecule has 2 aromatic carbocycles. The van der Waals surface area contributed by atoms with Gasteiger partial charge in [-0.1, -0.05) is 84.0 Å². The zero-order chi connectivity index (χ0) is 25.5. The zero-order valence-electron chi connectivity index (χ0n) is 19.8. The van der Waals surface area contributed by atoms with Crippen molar-refractivity contribution < 1.29 is 9.59 Å². The van der Waals surface area contributed by atoms with Crippen LogP contribution in [0.5, 0.6) is 0 Å². The van der Waals surface area contributed by atoms with Gasteiger partial charge in [-0.3, -0.25) is 14.5 Å². The number of thiocarbonyl (C=S) groups is 1. The number of anilines is 1. The van der Waals surface area contributed by atoms with Crippen LogP contribution in [-0.4, -0.2) is 32.6 Å². The van der Waals surface area contributed by atoms with E-state index >= 15 is 0 Å². The third-order valence-electron chi connectivity index (χ3n) is 5.59. The Morgan fingerprint density at radius 3 is 2.75 bits per heavy atom. The van der Waals surface area contributed by atoms with E-state index in [1.54, 1.807) is 17.0 Å². The predicted molar refractivity (Wildman–Crippen MR) is 155 cm³/mol. The highest BCUT2D eigenvalue weighted by atomic mass is 35.5. The van der Waals surface area contributed by atoms with Crippen molar-refractivity contribution in [2.45, 2.75) is 39.0 Å². The van der Waals surface area contributed by atoms with Crippen LogP contribution in [0.25, 0.3) is 6.08 Å². The van der Waals surface area contributed by atoms with Gasteiger partial charge in [0.2, 0.25) is 5.91 Å². The molecule has 1 saturated heterocycles. The molecule has 0 unspecified atom stereocenters. The molecule has 3 aromatic rings. The smallest absolute Gasteiger partial charge is 0.266 e. The van der Waals surface area contributed by atoms with E-state index in [-0.39, 0.29) is 11.8 Å². The molecule has 5 nitrogen and oxygen atoms in total. The third kappa shape index (κ3) is 7.49. The minimum atomic E-state index is -0.0667. The van der Waals surface area contributed by atoms with Gasteiger partial charge < -0.3 is 5.32 Å². The van der Waals surface area contributed by atoms with E-state index < -0.39 is 0 Å². The average Bonchev–Trinajstić information content (AvgIpc) is 3.38. The van der Waals surface area contributed by atoms with Gasteiger partial charge in [0.25, 0.3) is 5.91 Å². The van der Waals surface area contributed by atoms with Crippen molar-refractivity contribution in [3.8, 4) is 0 Å². The van der Waals surface area contributed by atoms with E-state index in [4.69, 9.17) is 23.8 Å². The number of aryl methyl sites for hydroxylation is 1. The lowest BCUT2D eigenvalue weighted by Gasteiger charge is -2.14. The number of hydrogen-bond acceptors (Lipinski definition) is 6. The fourth-order valence-corrected chi connectivity index (χ4v) is 6.08. The molecule has 4 rings (SSSR count). The van der Waals surface area contributed by atoms with Gasteiger partial charge in [-0.15, -0.1) is 11.3 Å². The summed E-state index contributed by atoms with van der Waals surface area (Å²) in [6, 6.07) is 15.7. The minimum absolute atomic E-state index is 0.0389. The predicted octanol–water partition coefficient (Wildman–Crippen LogP) is 7.10. The van der Waals surface area contributed by atoms with Gasteiger partial charge >= 0.3 is 0 Å². The highest BCUT2D eigenvalue weighted by Gasteiger charge is 2.31. The average molecular weight is 556 g/mol. The van der Waals surface area contributed by atoms with E-state index in [1.807, 2.05) is 24.4 Å². The third-order valence-corrected chi connectivity index (χ3v) is 8.13. The maximum atomic E-state index is 12.7. The summed E-state index contributed by atoms with van der Waals surface area (Å²) < 4.78 is 0.572. The minimum Gasteiger partial charge on any atom is -0.302 e. The number of carbonyl (C=O) groups excluding carboxylic acids is 2. The molecule has 0 radical (unpaired) electrons. The van der Waals surface area contributed by atoms with E-state index in [0.717, 1.165) is 36.1 Å². The molecule has 1 aliphatic rings. The number of halogens is 1. The Morgan fingerprint density at radius 2 is 1.97 bits per heavy atom. The Kier molecular flexibility index (Phi) is 9.31. The Balaban J connectivity index is 1.17. The zero-order valence-corrected chi connectivity index (χ0v) is 23.0. The Hall–Kier alpha value is -2.52. The highest BCUT2D eigenvalue weighted by Crippen LogP contribution is 2.33. The molecule has 2 amide bonds. The largest absolute Gasteiger partial charge is 0.302 e. The fraction of sp³-hybridized carbons (Fsp3) is 0.259. The maximum Gasteiger partial charge on any atom is 0.266 e. The van der Waals surface area contributed by atoms with Crippen LogP contribution in [0.4, 0.5) is 5.13 Å². The number of nitrogens with zero attached hydrogens (tertiary/aromatic N) is 2. The normalized spacial score (nSPS) is 14.6. The van der Waals surface area contributed by atoms with Crippen molar-refractivity contribution in [3.63, 3.8) is 0 Å². The summed E-state index contributed by atoms with van der Waals surface area (Å²) in [7, 11) is 0. The molecule has 186 valence electrons. The molecule has 1 aromatic heterocycles. The lowest BCUT2D eigenvalue weighted by atomic mass is 10.1. The summed E-state index contributed by atoms with van der Waals surface area (Å²) in [6.45, 7) is 2.63. The van der Waals surface area contributed by atoms with E-state index in [9.17, 15) is 9.59 Å². The first-order valence-corrected chi connectivity index (χ1v) is 14.1. The number of benzene rings is 2. The number of thiazole rings is 1. The number of nitrogens with one attached hydrogen (secondary N) is 1. The topological polar surface area (TPSA) is 62.3 Å². The number of thioether (sulfide) groups is 1. The van der Waals surface area contributed by atoms with E-state index in [2.05, 4.69) is 41.5 Å². The monoisotopic (exact) mass is 555 g/mol. The SMILES string of the molecule is Cc1cccc(Cc2cnc(NC(=O)CCCCCN3C(=O)/C(=C/c4ccc(Cl)cc4)SC3=S)s2)c1. The Labute approximate surface area is 230 Å². The second-order valence-electron chi connectivity index (χ2n) is 8.54. The lowest BCUT2D eigenvalue weighted by molar-refractivity contribution is -0.122. The van der Waals surface area contributed by atoms with Gasteiger partial charge in [-0.2, -0.15) is 0 Å². The molecule has 0 spiro atoms.